The van der Waals surface area contributed by atoms with Crippen molar-refractivity contribution in [2.24, 2.45) is 16.6 Å². The molecule has 0 bridgehead atoms. The first kappa shape index (κ1) is 17.1. The number of halogens is 1. The molecule has 2 aromatic heterocycles. The summed E-state index contributed by atoms with van der Waals surface area (Å²) >= 11 is 0. The summed E-state index contributed by atoms with van der Waals surface area (Å²) in [5, 5.41) is 0. The fourth-order valence-corrected chi connectivity index (χ4v) is 3.26. The number of hydrogen-bond acceptors (Lipinski definition) is 5. The number of rotatable bonds is 4. The molecule has 2 amide bonds. The zero-order chi connectivity index (χ0) is 19.0. The average molecular weight is 367 g/mol. The summed E-state index contributed by atoms with van der Waals surface area (Å²) in [6.45, 7) is 0. The zero-order valence-electron chi connectivity index (χ0n) is 14.7. The fraction of sp³-hybridized carbons (Fsp3) is 0.263. The number of allylic oxidation sites excluding steroid dienone is 1. The van der Waals surface area contributed by atoms with Gasteiger partial charge in [-0.25, -0.2) is 14.2 Å². The van der Waals surface area contributed by atoms with Crippen molar-refractivity contribution in [1.82, 2.24) is 14.9 Å². The molecule has 4 rings (SSSR count). The van der Waals surface area contributed by atoms with E-state index >= 15 is 0 Å². The lowest BCUT2D eigenvalue weighted by Crippen LogP contribution is -2.44. The van der Waals surface area contributed by atoms with Crippen LogP contribution in [0.5, 0.6) is 5.88 Å². The van der Waals surface area contributed by atoms with Crippen LogP contribution in [0.15, 0.2) is 53.7 Å². The highest BCUT2D eigenvalue weighted by atomic mass is 19.1. The number of carbonyl (C=O) groups is 1. The summed E-state index contributed by atoms with van der Waals surface area (Å²) in [6, 6.07) is 3.70. The lowest BCUT2D eigenvalue weighted by molar-refractivity contribution is 0.211. The molecule has 8 heteroatoms. The van der Waals surface area contributed by atoms with Gasteiger partial charge in [0.2, 0.25) is 5.88 Å². The molecule has 0 spiro atoms. The molecule has 1 unspecified atom stereocenters. The molecule has 1 aliphatic carbocycles. The Morgan fingerprint density at radius 2 is 2.11 bits per heavy atom. The maximum absolute atomic E-state index is 14.4. The standard InChI is InChI=1S/C19H18FN5O2/c1-27-16-5-4-12(8-23-16)18-17(13-6-7-22-9-14(13)20)24-10-15(11-2-3-11)25(18)19(21)26/h4-11,18H,2-3H2,1H3,(H2,21,26). The van der Waals surface area contributed by atoms with Crippen molar-refractivity contribution in [3.05, 3.63) is 65.6 Å². The van der Waals surface area contributed by atoms with Crippen LogP contribution in [-0.2, 0) is 0 Å². The van der Waals surface area contributed by atoms with Crippen LogP contribution in [0.4, 0.5) is 9.18 Å². The molecule has 0 radical (unpaired) electrons. The number of primary amides is 1. The first-order valence-corrected chi connectivity index (χ1v) is 8.56. The molecule has 1 aliphatic heterocycles. The summed E-state index contributed by atoms with van der Waals surface area (Å²) in [5.41, 5.74) is 7.79. The Morgan fingerprint density at radius 1 is 1.30 bits per heavy atom. The summed E-state index contributed by atoms with van der Waals surface area (Å²) in [5.74, 6) is 0.154. The Morgan fingerprint density at radius 3 is 2.70 bits per heavy atom. The number of aromatic nitrogens is 2. The van der Waals surface area contributed by atoms with Crippen molar-refractivity contribution in [3.8, 4) is 5.88 Å². The quantitative estimate of drug-likeness (QED) is 0.899. The summed E-state index contributed by atoms with van der Waals surface area (Å²) in [6.07, 6.45) is 7.75. The first-order valence-electron chi connectivity index (χ1n) is 8.56. The van der Waals surface area contributed by atoms with Gasteiger partial charge in [-0.05, 0) is 30.5 Å². The average Bonchev–Trinajstić information content (AvgIpc) is 3.52. The minimum atomic E-state index is -0.682. The molecule has 27 heavy (non-hydrogen) atoms. The van der Waals surface area contributed by atoms with Crippen molar-refractivity contribution in [2.75, 3.05) is 7.11 Å². The third-order valence-corrected chi connectivity index (χ3v) is 4.70. The van der Waals surface area contributed by atoms with E-state index in [2.05, 4.69) is 15.0 Å². The maximum Gasteiger partial charge on any atom is 0.319 e. The van der Waals surface area contributed by atoms with Gasteiger partial charge in [0.05, 0.1) is 19.0 Å². The predicted octanol–water partition coefficient (Wildman–Crippen LogP) is 2.80. The second kappa shape index (κ2) is 6.79. The lowest BCUT2D eigenvalue weighted by Gasteiger charge is -2.36. The molecule has 7 nitrogen and oxygen atoms in total. The Kier molecular flexibility index (Phi) is 4.31. The van der Waals surface area contributed by atoms with Gasteiger partial charge in [0.25, 0.3) is 0 Å². The lowest BCUT2D eigenvalue weighted by atomic mass is 9.94. The Hall–Kier alpha value is -3.29. The highest BCUT2D eigenvalue weighted by Crippen LogP contribution is 2.44. The summed E-state index contributed by atoms with van der Waals surface area (Å²) in [4.78, 5) is 26.4. The van der Waals surface area contributed by atoms with Gasteiger partial charge in [-0.3, -0.25) is 14.9 Å². The third kappa shape index (κ3) is 3.14. The number of urea groups is 1. The van der Waals surface area contributed by atoms with E-state index in [0.717, 1.165) is 24.7 Å². The number of nitrogens with two attached hydrogens (primary N) is 1. The van der Waals surface area contributed by atoms with E-state index in [0.29, 0.717) is 17.2 Å². The smallest absolute Gasteiger partial charge is 0.319 e. The second-order valence-electron chi connectivity index (χ2n) is 6.44. The van der Waals surface area contributed by atoms with Crippen LogP contribution in [0.2, 0.25) is 0 Å². The van der Waals surface area contributed by atoms with E-state index in [4.69, 9.17) is 10.5 Å². The summed E-state index contributed by atoms with van der Waals surface area (Å²) in [7, 11) is 1.52. The molecule has 0 saturated heterocycles. The third-order valence-electron chi connectivity index (χ3n) is 4.70. The van der Waals surface area contributed by atoms with Gasteiger partial charge in [0.15, 0.2) is 5.82 Å². The fourth-order valence-electron chi connectivity index (χ4n) is 3.26. The van der Waals surface area contributed by atoms with E-state index in [1.165, 1.54) is 24.3 Å². The highest BCUT2D eigenvalue weighted by molar-refractivity contribution is 6.07. The molecule has 1 atom stereocenters. The Labute approximate surface area is 155 Å². The summed E-state index contributed by atoms with van der Waals surface area (Å²) < 4.78 is 19.5. The topological polar surface area (TPSA) is 93.7 Å². The molecule has 1 saturated carbocycles. The van der Waals surface area contributed by atoms with Gasteiger partial charge >= 0.3 is 6.03 Å². The molecule has 2 aliphatic rings. The number of amides is 2. The molecule has 3 heterocycles. The van der Waals surface area contributed by atoms with Gasteiger partial charge in [-0.15, -0.1) is 0 Å². The van der Waals surface area contributed by atoms with Crippen molar-refractivity contribution in [1.29, 1.82) is 0 Å². The number of ether oxygens (including phenoxy) is 1. The van der Waals surface area contributed by atoms with E-state index in [1.54, 1.807) is 24.5 Å². The Balaban J connectivity index is 1.87. The predicted molar refractivity (Wildman–Crippen MR) is 96.5 cm³/mol. The number of nitrogens with zero attached hydrogens (tertiary/aromatic N) is 4. The molecule has 2 N–H and O–H groups in total. The van der Waals surface area contributed by atoms with E-state index in [-0.39, 0.29) is 11.5 Å². The normalized spacial score (nSPS) is 19.3. The van der Waals surface area contributed by atoms with Gasteiger partial charge < -0.3 is 10.5 Å². The van der Waals surface area contributed by atoms with Crippen molar-refractivity contribution in [2.45, 2.75) is 18.9 Å². The van der Waals surface area contributed by atoms with Gasteiger partial charge in [0.1, 0.15) is 6.04 Å². The first-order chi connectivity index (χ1) is 13.1. The van der Waals surface area contributed by atoms with Crippen molar-refractivity contribution >= 4 is 11.7 Å². The molecule has 1 fully saturated rings. The number of methoxy groups -OCH3 is 1. The minimum absolute atomic E-state index is 0.235. The zero-order valence-corrected chi connectivity index (χ0v) is 14.7. The van der Waals surface area contributed by atoms with Crippen LogP contribution >= 0.6 is 0 Å². The molecular formula is C19H18FN5O2. The van der Waals surface area contributed by atoms with Crippen molar-refractivity contribution < 1.29 is 13.9 Å². The van der Waals surface area contributed by atoms with Crippen LogP contribution in [0.3, 0.4) is 0 Å². The number of pyridine rings is 2. The van der Waals surface area contributed by atoms with Crippen molar-refractivity contribution in [3.63, 3.8) is 0 Å². The largest absolute Gasteiger partial charge is 0.481 e. The van der Waals surface area contributed by atoms with E-state index in [9.17, 15) is 9.18 Å². The molecular weight excluding hydrogens is 349 g/mol. The number of carbonyl (C=O) groups excluding carboxylic acids is 1. The molecule has 138 valence electrons. The van der Waals surface area contributed by atoms with Gasteiger partial charge in [-0.2, -0.15) is 0 Å². The molecule has 2 aromatic rings. The molecule has 0 aromatic carbocycles. The van der Waals surface area contributed by atoms with E-state index in [1.807, 2.05) is 0 Å². The van der Waals surface area contributed by atoms with Crippen LogP contribution in [0, 0.1) is 11.7 Å². The minimum Gasteiger partial charge on any atom is -0.481 e. The highest BCUT2D eigenvalue weighted by Gasteiger charge is 2.41. The Bertz CT molecular complexity index is 937. The van der Waals surface area contributed by atoms with Crippen LogP contribution in [-0.4, -0.2) is 33.7 Å². The monoisotopic (exact) mass is 367 g/mol. The van der Waals surface area contributed by atoms with E-state index < -0.39 is 17.9 Å². The van der Waals surface area contributed by atoms with Gasteiger partial charge in [-0.1, -0.05) is 0 Å². The maximum atomic E-state index is 14.4. The van der Waals surface area contributed by atoms with Gasteiger partial charge in [0, 0.05) is 41.8 Å². The number of aliphatic imine (C=N–C) groups is 1. The van der Waals surface area contributed by atoms with Crippen LogP contribution in [0.25, 0.3) is 0 Å². The van der Waals surface area contributed by atoms with Crippen LogP contribution in [0.1, 0.15) is 30.0 Å². The number of hydrogen-bond donors (Lipinski definition) is 1. The second-order valence-corrected chi connectivity index (χ2v) is 6.44. The SMILES string of the molecule is COc1ccc(C2C(c3ccncc3F)=NC=C(C3CC3)N2C(N)=O)cn1. The van der Waals surface area contributed by atoms with Crippen LogP contribution < -0.4 is 10.5 Å².